The molecule has 11 heavy (non-hydrogen) atoms. The van der Waals surface area contributed by atoms with Crippen LogP contribution in [0.2, 0.25) is 5.15 Å². The van der Waals surface area contributed by atoms with Gasteiger partial charge in [-0.25, -0.2) is 13.6 Å². The van der Waals surface area contributed by atoms with Gasteiger partial charge in [-0.05, 0) is 0 Å². The van der Waals surface area contributed by atoms with Gasteiger partial charge in [-0.15, -0.1) is 0 Å². The Morgan fingerprint density at radius 3 is 2.45 bits per heavy atom. The second-order valence-corrected chi connectivity index (χ2v) is 3.87. The van der Waals surface area contributed by atoms with Gasteiger partial charge in [-0.3, -0.25) is 4.68 Å². The van der Waals surface area contributed by atoms with Gasteiger partial charge in [-0.1, -0.05) is 11.6 Å². The van der Waals surface area contributed by atoms with E-state index >= 15 is 0 Å². The van der Waals surface area contributed by atoms with Gasteiger partial charge in [0, 0.05) is 13.1 Å². The molecule has 1 rings (SSSR count). The summed E-state index contributed by atoms with van der Waals surface area (Å²) in [6, 6.07) is 1.19. The van der Waals surface area contributed by atoms with E-state index in [1.807, 2.05) is 0 Å². The van der Waals surface area contributed by atoms with Crippen molar-refractivity contribution < 1.29 is 8.42 Å². The maximum atomic E-state index is 10.7. The molecule has 0 aliphatic rings. The number of hydrogen-bond donors (Lipinski definition) is 1. The summed E-state index contributed by atoms with van der Waals surface area (Å²) in [7, 11) is -2.25. The van der Waals surface area contributed by atoms with Gasteiger partial charge in [-0.2, -0.15) is 5.10 Å². The third kappa shape index (κ3) is 1.70. The van der Waals surface area contributed by atoms with Crippen LogP contribution >= 0.6 is 11.6 Å². The third-order valence-corrected chi connectivity index (χ3v) is 2.25. The third-order valence-electron chi connectivity index (χ3n) is 1.10. The zero-order valence-electron chi connectivity index (χ0n) is 5.65. The fraction of sp³-hybridized carbons (Fsp3) is 0.250. The molecule has 62 valence electrons. The number of aryl methyl sites for hydroxylation is 1. The van der Waals surface area contributed by atoms with Crippen molar-refractivity contribution >= 4 is 21.6 Å². The number of halogens is 1. The predicted molar refractivity (Wildman–Crippen MR) is 39.6 cm³/mol. The molecule has 1 heterocycles. The van der Waals surface area contributed by atoms with Gasteiger partial charge in [0.15, 0.2) is 10.2 Å². The first-order valence-electron chi connectivity index (χ1n) is 2.63. The van der Waals surface area contributed by atoms with E-state index in [1.165, 1.54) is 13.1 Å². The summed E-state index contributed by atoms with van der Waals surface area (Å²) in [6.07, 6.45) is 0. The Hall–Kier alpha value is -0.590. The minimum Gasteiger partial charge on any atom is -0.255 e. The van der Waals surface area contributed by atoms with Gasteiger partial charge in [0.2, 0.25) is 0 Å². The zero-order chi connectivity index (χ0) is 8.65. The minimum absolute atomic E-state index is 0.0949. The fourth-order valence-electron chi connectivity index (χ4n) is 0.683. The molecule has 0 saturated carbocycles. The Bertz CT molecular complexity index is 369. The summed E-state index contributed by atoms with van der Waals surface area (Å²) in [6.45, 7) is 0. The molecule has 0 saturated heterocycles. The highest BCUT2D eigenvalue weighted by molar-refractivity contribution is 7.89. The Morgan fingerprint density at radius 2 is 2.27 bits per heavy atom. The second kappa shape index (κ2) is 2.47. The van der Waals surface area contributed by atoms with Crippen LogP contribution in [0.4, 0.5) is 0 Å². The highest BCUT2D eigenvalue weighted by atomic mass is 35.5. The van der Waals surface area contributed by atoms with E-state index in [-0.39, 0.29) is 10.2 Å². The van der Waals surface area contributed by atoms with E-state index in [9.17, 15) is 8.42 Å². The van der Waals surface area contributed by atoms with Crippen LogP contribution in [0.3, 0.4) is 0 Å². The van der Waals surface area contributed by atoms with Gasteiger partial charge in [0.05, 0.1) is 0 Å². The highest BCUT2D eigenvalue weighted by Gasteiger charge is 2.13. The van der Waals surface area contributed by atoms with Crippen LogP contribution in [0.15, 0.2) is 11.1 Å². The van der Waals surface area contributed by atoms with E-state index in [1.54, 1.807) is 0 Å². The van der Waals surface area contributed by atoms with E-state index in [0.717, 1.165) is 4.68 Å². The molecule has 0 radical (unpaired) electrons. The molecule has 0 aliphatic heterocycles. The first kappa shape index (κ1) is 8.51. The summed E-state index contributed by atoms with van der Waals surface area (Å²) in [4.78, 5) is 0. The molecule has 1 aromatic heterocycles. The molecule has 0 fully saturated rings. The smallest absolute Gasteiger partial charge is 0.255 e. The number of aromatic nitrogens is 2. The largest absolute Gasteiger partial charge is 0.255 e. The lowest BCUT2D eigenvalue weighted by Crippen LogP contribution is -2.16. The number of hydrogen-bond acceptors (Lipinski definition) is 3. The lowest BCUT2D eigenvalue weighted by atomic mass is 10.7. The lowest BCUT2D eigenvalue weighted by Gasteiger charge is -1.95. The van der Waals surface area contributed by atoms with Crippen molar-refractivity contribution in [3.63, 3.8) is 0 Å². The van der Waals surface area contributed by atoms with Crippen molar-refractivity contribution in [2.45, 2.75) is 5.03 Å². The van der Waals surface area contributed by atoms with Gasteiger partial charge < -0.3 is 0 Å². The second-order valence-electron chi connectivity index (χ2n) is 1.97. The van der Waals surface area contributed by atoms with E-state index < -0.39 is 10.0 Å². The van der Waals surface area contributed by atoms with Crippen LogP contribution in [0, 0.1) is 0 Å². The molecule has 7 heteroatoms. The molecule has 5 nitrogen and oxygen atoms in total. The van der Waals surface area contributed by atoms with Gasteiger partial charge in [0.1, 0.15) is 0 Å². The summed E-state index contributed by atoms with van der Waals surface area (Å²) in [5, 5.41) is 8.44. The minimum atomic E-state index is -3.70. The summed E-state index contributed by atoms with van der Waals surface area (Å²) in [5.74, 6) is 0. The molecular weight excluding hydrogens is 190 g/mol. The highest BCUT2D eigenvalue weighted by Crippen LogP contribution is 2.11. The van der Waals surface area contributed by atoms with Crippen molar-refractivity contribution in [1.82, 2.24) is 9.78 Å². The molecule has 0 aromatic carbocycles. The molecule has 0 aliphatic carbocycles. The Kier molecular flexibility index (Phi) is 1.91. The Labute approximate surface area is 68.8 Å². The molecule has 2 N–H and O–H groups in total. The summed E-state index contributed by atoms with van der Waals surface area (Å²) >= 11 is 5.42. The quantitative estimate of drug-likeness (QED) is 0.670. The van der Waals surface area contributed by atoms with Crippen molar-refractivity contribution in [2.75, 3.05) is 0 Å². The molecule has 0 spiro atoms. The van der Waals surface area contributed by atoms with Crippen LogP contribution in [0.1, 0.15) is 0 Å². The maximum Gasteiger partial charge on any atom is 0.255 e. The monoisotopic (exact) mass is 195 g/mol. The SMILES string of the molecule is Cn1nc(Cl)cc1S(N)(=O)=O. The van der Waals surface area contributed by atoms with Crippen LogP contribution in [0.25, 0.3) is 0 Å². The summed E-state index contributed by atoms with van der Waals surface area (Å²) < 4.78 is 22.6. The Morgan fingerprint density at radius 1 is 1.73 bits per heavy atom. The molecule has 0 atom stereocenters. The van der Waals surface area contributed by atoms with Crippen LogP contribution in [-0.4, -0.2) is 18.2 Å². The van der Waals surface area contributed by atoms with E-state index in [4.69, 9.17) is 16.7 Å². The molecule has 1 aromatic rings. The molecule has 0 bridgehead atoms. The number of nitrogens with two attached hydrogens (primary N) is 1. The lowest BCUT2D eigenvalue weighted by molar-refractivity contribution is 0.578. The van der Waals surface area contributed by atoms with Crippen LogP contribution < -0.4 is 5.14 Å². The summed E-state index contributed by atoms with van der Waals surface area (Å²) in [5.41, 5.74) is 0. The molecule has 0 amide bonds. The Balaban J connectivity index is 3.36. The van der Waals surface area contributed by atoms with Gasteiger partial charge in [0.25, 0.3) is 10.0 Å². The number of nitrogens with zero attached hydrogens (tertiary/aromatic N) is 2. The molecular formula is C4H6ClN3O2S. The normalized spacial score (nSPS) is 11.9. The van der Waals surface area contributed by atoms with Crippen molar-refractivity contribution in [3.8, 4) is 0 Å². The number of primary sulfonamides is 1. The van der Waals surface area contributed by atoms with Crippen molar-refractivity contribution in [2.24, 2.45) is 12.2 Å². The maximum absolute atomic E-state index is 10.7. The van der Waals surface area contributed by atoms with Gasteiger partial charge >= 0.3 is 0 Å². The number of rotatable bonds is 1. The zero-order valence-corrected chi connectivity index (χ0v) is 7.22. The van der Waals surface area contributed by atoms with E-state index in [0.29, 0.717) is 0 Å². The first-order valence-corrected chi connectivity index (χ1v) is 4.56. The van der Waals surface area contributed by atoms with Crippen LogP contribution in [0.5, 0.6) is 0 Å². The average molecular weight is 196 g/mol. The van der Waals surface area contributed by atoms with E-state index in [2.05, 4.69) is 5.10 Å². The standard InChI is InChI=1S/C4H6ClN3O2S/c1-8-4(11(6,9)10)2-3(5)7-8/h2H,1H3,(H2,6,9,10). The average Bonchev–Trinajstić information content (AvgIpc) is 2.08. The van der Waals surface area contributed by atoms with Crippen LogP contribution in [-0.2, 0) is 17.1 Å². The predicted octanol–water partition coefficient (Wildman–Crippen LogP) is -0.279. The fourth-order valence-corrected chi connectivity index (χ4v) is 1.65. The first-order chi connectivity index (χ1) is 4.91. The van der Waals surface area contributed by atoms with Crippen molar-refractivity contribution in [1.29, 1.82) is 0 Å². The number of sulfonamides is 1. The molecule has 0 unspecified atom stereocenters. The topological polar surface area (TPSA) is 78.0 Å². The van der Waals surface area contributed by atoms with Crippen molar-refractivity contribution in [3.05, 3.63) is 11.2 Å².